The molecule has 3 heterocycles. The summed E-state index contributed by atoms with van der Waals surface area (Å²) in [5.41, 5.74) is 2.31. The van der Waals surface area contributed by atoms with E-state index >= 15 is 0 Å². The van der Waals surface area contributed by atoms with Crippen molar-refractivity contribution in [3.8, 4) is 6.07 Å². The summed E-state index contributed by atoms with van der Waals surface area (Å²) in [6.45, 7) is 9.94. The topological polar surface area (TPSA) is 99.2 Å². The van der Waals surface area contributed by atoms with Crippen molar-refractivity contribution in [1.82, 2.24) is 20.0 Å². The smallest absolute Gasteiger partial charge is 0.259 e. The van der Waals surface area contributed by atoms with Crippen LogP contribution >= 0.6 is 0 Å². The standard InChI is InChI=1S/C18H22N6O2/c1-11(2)16-15(13(4)22-26-16)17(25)23-5-7-24(8-6-23)18-20-12(3)9-14(10-19)21-18/h9,11H,5-8H2,1-4H3. The Kier molecular flexibility index (Phi) is 4.89. The maximum Gasteiger partial charge on any atom is 0.259 e. The molecule has 8 nitrogen and oxygen atoms in total. The van der Waals surface area contributed by atoms with Gasteiger partial charge in [-0.15, -0.1) is 0 Å². The van der Waals surface area contributed by atoms with Gasteiger partial charge in [0.15, 0.2) is 5.76 Å². The van der Waals surface area contributed by atoms with E-state index in [0.29, 0.717) is 54.8 Å². The largest absolute Gasteiger partial charge is 0.360 e. The zero-order valence-corrected chi connectivity index (χ0v) is 15.5. The Morgan fingerprint density at radius 3 is 2.54 bits per heavy atom. The molecule has 1 fully saturated rings. The van der Waals surface area contributed by atoms with Crippen molar-refractivity contribution < 1.29 is 9.32 Å². The highest BCUT2D eigenvalue weighted by atomic mass is 16.5. The van der Waals surface area contributed by atoms with E-state index in [1.54, 1.807) is 13.0 Å². The van der Waals surface area contributed by atoms with Gasteiger partial charge in [-0.05, 0) is 19.9 Å². The monoisotopic (exact) mass is 354 g/mol. The van der Waals surface area contributed by atoms with E-state index in [0.717, 1.165) is 5.69 Å². The SMILES string of the molecule is Cc1cc(C#N)nc(N2CCN(C(=O)c3c(C)noc3C(C)C)CC2)n1. The van der Waals surface area contributed by atoms with E-state index in [1.165, 1.54) is 0 Å². The number of amides is 1. The molecule has 1 aliphatic heterocycles. The third-order valence-electron chi connectivity index (χ3n) is 4.43. The molecule has 0 radical (unpaired) electrons. The first-order chi connectivity index (χ1) is 12.4. The number of nitrogens with zero attached hydrogens (tertiary/aromatic N) is 6. The Morgan fingerprint density at radius 1 is 1.23 bits per heavy atom. The van der Waals surface area contributed by atoms with Crippen molar-refractivity contribution >= 4 is 11.9 Å². The second kappa shape index (κ2) is 7.12. The number of hydrogen-bond acceptors (Lipinski definition) is 7. The molecule has 1 saturated heterocycles. The highest BCUT2D eigenvalue weighted by molar-refractivity contribution is 5.96. The molecule has 1 aliphatic rings. The second-order valence-electron chi connectivity index (χ2n) is 6.75. The average molecular weight is 354 g/mol. The Labute approximate surface area is 152 Å². The Bertz CT molecular complexity index is 859. The summed E-state index contributed by atoms with van der Waals surface area (Å²) in [6.07, 6.45) is 0. The summed E-state index contributed by atoms with van der Waals surface area (Å²) in [6, 6.07) is 3.71. The van der Waals surface area contributed by atoms with Crippen LogP contribution in [-0.4, -0.2) is 52.1 Å². The number of aryl methyl sites for hydroxylation is 2. The van der Waals surface area contributed by atoms with Gasteiger partial charge >= 0.3 is 0 Å². The molecule has 0 atom stereocenters. The van der Waals surface area contributed by atoms with Crippen LogP contribution in [-0.2, 0) is 0 Å². The van der Waals surface area contributed by atoms with Crippen molar-refractivity contribution in [2.24, 2.45) is 0 Å². The molecule has 3 rings (SSSR count). The van der Waals surface area contributed by atoms with Crippen LogP contribution in [0.5, 0.6) is 0 Å². The van der Waals surface area contributed by atoms with Crippen LogP contribution in [0.1, 0.15) is 53.0 Å². The minimum absolute atomic E-state index is 0.0463. The molecule has 0 unspecified atom stereocenters. The highest BCUT2D eigenvalue weighted by Crippen LogP contribution is 2.24. The molecule has 2 aromatic rings. The highest BCUT2D eigenvalue weighted by Gasteiger charge is 2.29. The van der Waals surface area contributed by atoms with E-state index < -0.39 is 0 Å². The van der Waals surface area contributed by atoms with E-state index in [-0.39, 0.29) is 11.8 Å². The Morgan fingerprint density at radius 2 is 1.92 bits per heavy atom. The molecule has 8 heteroatoms. The minimum atomic E-state index is -0.0463. The van der Waals surface area contributed by atoms with Gasteiger partial charge in [-0.1, -0.05) is 19.0 Å². The number of carbonyl (C=O) groups excluding carboxylic acids is 1. The van der Waals surface area contributed by atoms with Crippen molar-refractivity contribution in [2.45, 2.75) is 33.6 Å². The number of anilines is 1. The third kappa shape index (κ3) is 3.38. The summed E-state index contributed by atoms with van der Waals surface area (Å²) in [5, 5.41) is 13.0. The van der Waals surface area contributed by atoms with E-state index in [2.05, 4.69) is 21.2 Å². The zero-order chi connectivity index (χ0) is 18.8. The lowest BCUT2D eigenvalue weighted by atomic mass is 10.0. The summed E-state index contributed by atoms with van der Waals surface area (Å²) in [5.74, 6) is 1.23. The third-order valence-corrected chi connectivity index (χ3v) is 4.43. The fraction of sp³-hybridized carbons (Fsp3) is 0.500. The molecule has 2 aromatic heterocycles. The molecule has 0 saturated carbocycles. The second-order valence-corrected chi connectivity index (χ2v) is 6.75. The lowest BCUT2D eigenvalue weighted by Crippen LogP contribution is -2.49. The van der Waals surface area contributed by atoms with Crippen LogP contribution in [0.3, 0.4) is 0 Å². The fourth-order valence-corrected chi connectivity index (χ4v) is 3.06. The fourth-order valence-electron chi connectivity index (χ4n) is 3.06. The first-order valence-corrected chi connectivity index (χ1v) is 8.67. The maximum absolute atomic E-state index is 12.9. The summed E-state index contributed by atoms with van der Waals surface area (Å²) >= 11 is 0. The van der Waals surface area contributed by atoms with Gasteiger partial charge in [-0.2, -0.15) is 5.26 Å². The molecule has 0 N–H and O–H groups in total. The van der Waals surface area contributed by atoms with Gasteiger partial charge in [0.1, 0.15) is 17.3 Å². The number of nitriles is 1. The van der Waals surface area contributed by atoms with E-state index in [1.807, 2.05) is 30.6 Å². The van der Waals surface area contributed by atoms with Gasteiger partial charge in [0.2, 0.25) is 5.95 Å². The number of piperazine rings is 1. The molecule has 136 valence electrons. The lowest BCUT2D eigenvalue weighted by molar-refractivity contribution is 0.0742. The van der Waals surface area contributed by atoms with Gasteiger partial charge in [-0.25, -0.2) is 9.97 Å². The predicted molar refractivity (Wildman–Crippen MR) is 94.9 cm³/mol. The van der Waals surface area contributed by atoms with Gasteiger partial charge in [0.05, 0.1) is 5.69 Å². The zero-order valence-electron chi connectivity index (χ0n) is 15.5. The molecular formula is C18H22N6O2. The minimum Gasteiger partial charge on any atom is -0.360 e. The van der Waals surface area contributed by atoms with Gasteiger partial charge in [0.25, 0.3) is 5.91 Å². The summed E-state index contributed by atoms with van der Waals surface area (Å²) in [4.78, 5) is 25.4. The Hall–Kier alpha value is -2.95. The van der Waals surface area contributed by atoms with Crippen molar-refractivity contribution in [2.75, 3.05) is 31.1 Å². The van der Waals surface area contributed by atoms with Crippen molar-refractivity contribution in [1.29, 1.82) is 5.26 Å². The molecular weight excluding hydrogens is 332 g/mol. The lowest BCUT2D eigenvalue weighted by Gasteiger charge is -2.34. The van der Waals surface area contributed by atoms with Crippen LogP contribution in [0.2, 0.25) is 0 Å². The number of carbonyl (C=O) groups is 1. The van der Waals surface area contributed by atoms with Crippen LogP contribution in [0.4, 0.5) is 5.95 Å². The number of rotatable bonds is 3. The van der Waals surface area contributed by atoms with Crippen LogP contribution in [0, 0.1) is 25.2 Å². The molecule has 0 spiro atoms. The van der Waals surface area contributed by atoms with E-state index in [9.17, 15) is 4.79 Å². The summed E-state index contributed by atoms with van der Waals surface area (Å²) < 4.78 is 5.34. The quantitative estimate of drug-likeness (QED) is 0.831. The first kappa shape index (κ1) is 17.9. The van der Waals surface area contributed by atoms with Crippen LogP contribution in [0.25, 0.3) is 0 Å². The first-order valence-electron chi connectivity index (χ1n) is 8.67. The maximum atomic E-state index is 12.9. The van der Waals surface area contributed by atoms with Gasteiger partial charge in [-0.3, -0.25) is 4.79 Å². The van der Waals surface area contributed by atoms with E-state index in [4.69, 9.17) is 9.78 Å². The molecule has 0 bridgehead atoms. The van der Waals surface area contributed by atoms with Crippen LogP contribution in [0.15, 0.2) is 10.6 Å². The van der Waals surface area contributed by atoms with Crippen molar-refractivity contribution in [3.05, 3.63) is 34.5 Å². The normalized spacial score (nSPS) is 14.6. The molecule has 0 aliphatic carbocycles. The van der Waals surface area contributed by atoms with Gasteiger partial charge < -0.3 is 14.3 Å². The number of aromatic nitrogens is 3. The van der Waals surface area contributed by atoms with Crippen molar-refractivity contribution in [3.63, 3.8) is 0 Å². The average Bonchev–Trinajstić information content (AvgIpc) is 3.02. The van der Waals surface area contributed by atoms with Gasteiger partial charge in [0, 0.05) is 37.8 Å². The number of hydrogen-bond donors (Lipinski definition) is 0. The molecule has 1 amide bonds. The predicted octanol–water partition coefficient (Wildman–Crippen LogP) is 2.04. The molecule has 26 heavy (non-hydrogen) atoms. The Balaban J connectivity index is 1.73. The van der Waals surface area contributed by atoms with Crippen LogP contribution < -0.4 is 4.90 Å². The molecule has 0 aromatic carbocycles. The summed E-state index contributed by atoms with van der Waals surface area (Å²) in [7, 11) is 0.